The first kappa shape index (κ1) is 12.1. The molecule has 2 aromatic rings. The number of ether oxygens (including phenoxy) is 1. The Morgan fingerprint density at radius 2 is 1.78 bits per heavy atom. The number of fused-ring (bicyclic) bond motifs is 1. The minimum atomic E-state index is -1.08. The Labute approximate surface area is 104 Å². The average molecular weight is 243 g/mol. The van der Waals surface area contributed by atoms with Crippen LogP contribution >= 0.6 is 0 Å². The van der Waals surface area contributed by atoms with Gasteiger partial charge < -0.3 is 10.5 Å². The molecule has 0 spiro atoms. The topological polar surface area (TPSA) is 69.4 Å². The van der Waals surface area contributed by atoms with Gasteiger partial charge >= 0.3 is 11.9 Å². The fraction of sp³-hybridized carbons (Fsp3) is 0.143. The van der Waals surface area contributed by atoms with E-state index in [4.69, 9.17) is 10.5 Å². The van der Waals surface area contributed by atoms with Gasteiger partial charge in [-0.25, -0.2) is 4.79 Å². The molecule has 1 amide bonds. The van der Waals surface area contributed by atoms with E-state index in [2.05, 4.69) is 0 Å². The second kappa shape index (κ2) is 4.87. The van der Waals surface area contributed by atoms with E-state index in [9.17, 15) is 9.59 Å². The highest BCUT2D eigenvalue weighted by Gasteiger charge is 2.17. The number of esters is 1. The standard InChI is InChI=1S/C14H13NO3/c1-9(18-14(17)13(15)16)11-8-4-6-10-5-2-3-7-12(10)11/h2-9H,1H3,(H2,15,16). The van der Waals surface area contributed by atoms with Crippen molar-refractivity contribution in [2.75, 3.05) is 0 Å². The largest absolute Gasteiger partial charge is 0.451 e. The molecule has 1 atom stereocenters. The van der Waals surface area contributed by atoms with Gasteiger partial charge in [0.1, 0.15) is 6.10 Å². The predicted octanol–water partition coefficient (Wildman–Crippen LogP) is 1.93. The van der Waals surface area contributed by atoms with E-state index in [1.807, 2.05) is 42.5 Å². The van der Waals surface area contributed by atoms with E-state index in [0.717, 1.165) is 16.3 Å². The van der Waals surface area contributed by atoms with Crippen LogP contribution in [0.25, 0.3) is 10.8 Å². The van der Waals surface area contributed by atoms with Crippen LogP contribution in [0.15, 0.2) is 42.5 Å². The van der Waals surface area contributed by atoms with E-state index in [1.165, 1.54) is 0 Å². The molecular formula is C14H13NO3. The van der Waals surface area contributed by atoms with Crippen LogP contribution < -0.4 is 5.73 Å². The molecule has 2 aromatic carbocycles. The quantitative estimate of drug-likeness (QED) is 0.647. The zero-order chi connectivity index (χ0) is 13.1. The summed E-state index contributed by atoms with van der Waals surface area (Å²) in [6, 6.07) is 13.5. The highest BCUT2D eigenvalue weighted by atomic mass is 16.5. The Morgan fingerprint density at radius 1 is 1.11 bits per heavy atom. The summed E-state index contributed by atoms with van der Waals surface area (Å²) in [4.78, 5) is 21.8. The first-order valence-corrected chi connectivity index (χ1v) is 5.57. The van der Waals surface area contributed by atoms with Crippen molar-refractivity contribution in [1.82, 2.24) is 0 Å². The highest BCUT2D eigenvalue weighted by Crippen LogP contribution is 2.26. The first-order valence-electron chi connectivity index (χ1n) is 5.57. The van der Waals surface area contributed by atoms with Crippen LogP contribution in [0.3, 0.4) is 0 Å². The molecule has 0 aromatic heterocycles. The van der Waals surface area contributed by atoms with Crippen molar-refractivity contribution in [1.29, 1.82) is 0 Å². The van der Waals surface area contributed by atoms with Crippen LogP contribution in [0.1, 0.15) is 18.6 Å². The van der Waals surface area contributed by atoms with Crippen molar-refractivity contribution in [3.8, 4) is 0 Å². The lowest BCUT2D eigenvalue weighted by Crippen LogP contribution is -2.26. The lowest BCUT2D eigenvalue weighted by molar-refractivity contribution is -0.157. The molecular weight excluding hydrogens is 230 g/mol. The van der Waals surface area contributed by atoms with Crippen molar-refractivity contribution in [3.05, 3.63) is 48.0 Å². The molecule has 4 nitrogen and oxygen atoms in total. The van der Waals surface area contributed by atoms with Gasteiger partial charge in [-0.2, -0.15) is 0 Å². The summed E-state index contributed by atoms with van der Waals surface area (Å²) in [5.74, 6) is -2.10. The molecule has 0 saturated carbocycles. The van der Waals surface area contributed by atoms with Gasteiger partial charge in [-0.3, -0.25) is 4.79 Å². The lowest BCUT2D eigenvalue weighted by Gasteiger charge is -2.14. The fourth-order valence-corrected chi connectivity index (χ4v) is 1.89. The van der Waals surface area contributed by atoms with Gasteiger partial charge in [-0.05, 0) is 23.3 Å². The van der Waals surface area contributed by atoms with Crippen LogP contribution in [0.5, 0.6) is 0 Å². The number of carbonyl (C=O) groups excluding carboxylic acids is 2. The van der Waals surface area contributed by atoms with Crippen molar-refractivity contribution in [2.24, 2.45) is 5.73 Å². The number of carbonyl (C=O) groups is 2. The molecule has 0 aliphatic rings. The van der Waals surface area contributed by atoms with Crippen LogP contribution in [0, 0.1) is 0 Å². The first-order chi connectivity index (χ1) is 8.59. The Balaban J connectivity index is 2.36. The molecule has 0 aliphatic carbocycles. The summed E-state index contributed by atoms with van der Waals surface area (Å²) in [6.45, 7) is 1.71. The van der Waals surface area contributed by atoms with Crippen molar-refractivity contribution >= 4 is 22.6 Å². The van der Waals surface area contributed by atoms with Crippen molar-refractivity contribution in [2.45, 2.75) is 13.0 Å². The van der Waals surface area contributed by atoms with E-state index < -0.39 is 18.0 Å². The van der Waals surface area contributed by atoms with Crippen molar-refractivity contribution in [3.63, 3.8) is 0 Å². The number of hydrogen-bond acceptors (Lipinski definition) is 3. The normalized spacial score (nSPS) is 12.1. The van der Waals surface area contributed by atoms with E-state index in [1.54, 1.807) is 6.92 Å². The summed E-state index contributed by atoms with van der Waals surface area (Å²) in [7, 11) is 0. The van der Waals surface area contributed by atoms with Crippen LogP contribution in [-0.2, 0) is 14.3 Å². The lowest BCUT2D eigenvalue weighted by atomic mass is 10.0. The fourth-order valence-electron chi connectivity index (χ4n) is 1.89. The third-order valence-corrected chi connectivity index (χ3v) is 2.75. The maximum Gasteiger partial charge on any atom is 0.397 e. The SMILES string of the molecule is CC(OC(=O)C(N)=O)c1cccc2ccccc12. The second-order valence-electron chi connectivity index (χ2n) is 3.98. The summed E-state index contributed by atoms with van der Waals surface area (Å²) < 4.78 is 4.99. The van der Waals surface area contributed by atoms with E-state index in [-0.39, 0.29) is 0 Å². The van der Waals surface area contributed by atoms with Gasteiger partial charge in [0, 0.05) is 0 Å². The minimum absolute atomic E-state index is 0.518. The molecule has 1 unspecified atom stereocenters. The monoisotopic (exact) mass is 243 g/mol. The highest BCUT2D eigenvalue weighted by molar-refractivity contribution is 6.31. The molecule has 0 radical (unpaired) electrons. The van der Waals surface area contributed by atoms with Crippen LogP contribution in [0.2, 0.25) is 0 Å². The van der Waals surface area contributed by atoms with Crippen LogP contribution in [0.4, 0.5) is 0 Å². The predicted molar refractivity (Wildman–Crippen MR) is 67.6 cm³/mol. The van der Waals surface area contributed by atoms with Gasteiger partial charge in [0.05, 0.1) is 0 Å². The summed E-state index contributed by atoms with van der Waals surface area (Å²) in [6.07, 6.45) is -0.518. The number of amides is 1. The van der Waals surface area contributed by atoms with E-state index in [0.29, 0.717) is 0 Å². The van der Waals surface area contributed by atoms with E-state index >= 15 is 0 Å². The maximum absolute atomic E-state index is 11.2. The number of benzene rings is 2. The van der Waals surface area contributed by atoms with Gasteiger partial charge in [-0.15, -0.1) is 0 Å². The van der Waals surface area contributed by atoms with Crippen molar-refractivity contribution < 1.29 is 14.3 Å². The molecule has 92 valence electrons. The number of rotatable bonds is 2. The molecule has 2 rings (SSSR count). The minimum Gasteiger partial charge on any atom is -0.451 e. The zero-order valence-corrected chi connectivity index (χ0v) is 9.92. The molecule has 0 heterocycles. The average Bonchev–Trinajstić information content (AvgIpc) is 2.37. The Morgan fingerprint density at radius 3 is 2.50 bits per heavy atom. The second-order valence-corrected chi connectivity index (χ2v) is 3.98. The van der Waals surface area contributed by atoms with Gasteiger partial charge in [0.25, 0.3) is 0 Å². The Kier molecular flexibility index (Phi) is 3.28. The third-order valence-electron chi connectivity index (χ3n) is 2.75. The maximum atomic E-state index is 11.2. The number of hydrogen-bond donors (Lipinski definition) is 1. The summed E-state index contributed by atoms with van der Waals surface area (Å²) in [5, 5.41) is 2.04. The number of nitrogens with two attached hydrogens (primary N) is 1. The zero-order valence-electron chi connectivity index (χ0n) is 9.92. The molecule has 0 bridgehead atoms. The Hall–Kier alpha value is -2.36. The van der Waals surface area contributed by atoms with Crippen LogP contribution in [-0.4, -0.2) is 11.9 Å². The molecule has 2 N–H and O–H groups in total. The van der Waals surface area contributed by atoms with Gasteiger partial charge in [0.2, 0.25) is 0 Å². The summed E-state index contributed by atoms with van der Waals surface area (Å²) in [5.41, 5.74) is 5.71. The molecule has 18 heavy (non-hydrogen) atoms. The molecule has 4 heteroatoms. The molecule has 0 aliphatic heterocycles. The molecule has 0 fully saturated rings. The van der Waals surface area contributed by atoms with Gasteiger partial charge in [-0.1, -0.05) is 42.5 Å². The molecule has 0 saturated heterocycles. The number of primary amides is 1. The Bertz CT molecular complexity index is 602. The third kappa shape index (κ3) is 2.32. The smallest absolute Gasteiger partial charge is 0.397 e. The van der Waals surface area contributed by atoms with Gasteiger partial charge in [0.15, 0.2) is 0 Å². The summed E-state index contributed by atoms with van der Waals surface area (Å²) >= 11 is 0.